The number of fused-ring (bicyclic) bond motifs is 4. The largest absolute Gasteiger partial charge is 0.493 e. The Morgan fingerprint density at radius 1 is 1.18 bits per heavy atom. The molecule has 4 atom stereocenters. The third-order valence-electron chi connectivity index (χ3n) is 8.73. The highest BCUT2D eigenvalue weighted by Crippen LogP contribution is 2.67. The van der Waals surface area contributed by atoms with Gasteiger partial charge >= 0.3 is 0 Å². The number of hydrogen-bond donors (Lipinski definition) is 1. The first-order chi connectivity index (χ1) is 13.7. The number of benzene rings is 1. The first kappa shape index (κ1) is 15.9. The van der Waals surface area contributed by atoms with Gasteiger partial charge in [-0.15, -0.1) is 0 Å². The Morgan fingerprint density at radius 2 is 2.07 bits per heavy atom. The Balaban J connectivity index is 1.52. The maximum absolute atomic E-state index is 6.87. The number of methoxy groups -OCH3 is 1. The van der Waals surface area contributed by atoms with Crippen molar-refractivity contribution in [3.8, 4) is 11.5 Å². The molecule has 7 rings (SSSR count). The molecular weight excluding hydrogens is 348 g/mol. The van der Waals surface area contributed by atoms with Crippen LogP contribution in [-0.4, -0.2) is 36.6 Å². The minimum Gasteiger partial charge on any atom is -0.493 e. The Morgan fingerprint density at radius 3 is 2.96 bits per heavy atom. The van der Waals surface area contributed by atoms with E-state index < -0.39 is 0 Å². The number of aromatic nitrogens is 1. The molecule has 2 aliphatic heterocycles. The van der Waals surface area contributed by atoms with E-state index in [0.717, 1.165) is 24.5 Å². The molecular formula is C24H28N2O2. The van der Waals surface area contributed by atoms with Crippen LogP contribution in [0.5, 0.6) is 11.5 Å². The number of piperidine rings is 1. The van der Waals surface area contributed by atoms with Gasteiger partial charge in [0.2, 0.25) is 0 Å². The zero-order valence-corrected chi connectivity index (χ0v) is 16.8. The number of ether oxygens (including phenoxy) is 2. The number of H-pyrrole nitrogens is 1. The van der Waals surface area contributed by atoms with Crippen molar-refractivity contribution in [3.05, 3.63) is 45.8 Å². The van der Waals surface area contributed by atoms with Crippen LogP contribution < -0.4 is 9.47 Å². The van der Waals surface area contributed by atoms with E-state index in [1.807, 2.05) is 0 Å². The van der Waals surface area contributed by atoms with E-state index in [0.29, 0.717) is 12.0 Å². The van der Waals surface area contributed by atoms with Crippen LogP contribution >= 0.6 is 0 Å². The first-order valence-electron chi connectivity index (χ1n) is 11.0. The second kappa shape index (κ2) is 5.15. The molecule has 3 aliphatic carbocycles. The lowest BCUT2D eigenvalue weighted by Gasteiger charge is -2.57. The van der Waals surface area contributed by atoms with Gasteiger partial charge in [-0.2, -0.15) is 0 Å². The summed E-state index contributed by atoms with van der Waals surface area (Å²) in [5.74, 6) is 2.60. The summed E-state index contributed by atoms with van der Waals surface area (Å²) >= 11 is 0. The number of likely N-dealkylation sites (N-methyl/N-ethyl adjacent to an activating group) is 1. The molecule has 1 saturated heterocycles. The minimum atomic E-state index is 0.120. The topological polar surface area (TPSA) is 37.5 Å². The van der Waals surface area contributed by atoms with Crippen LogP contribution in [0.1, 0.15) is 59.0 Å². The van der Waals surface area contributed by atoms with Crippen LogP contribution in [0, 0.1) is 5.92 Å². The SMILES string of the molecule is COc1ccc2c3c1O[C@H]1c4[nH]c5c(c4C[C@H]4[C@H](C2)N(C)CC[C@]314)CCCC5. The molecule has 0 amide bonds. The molecule has 2 aromatic rings. The van der Waals surface area contributed by atoms with Gasteiger partial charge in [0.05, 0.1) is 12.8 Å². The average molecular weight is 377 g/mol. The fourth-order valence-corrected chi connectivity index (χ4v) is 7.53. The fourth-order valence-electron chi connectivity index (χ4n) is 7.53. The molecule has 1 aromatic heterocycles. The molecule has 146 valence electrons. The summed E-state index contributed by atoms with van der Waals surface area (Å²) in [7, 11) is 4.11. The third kappa shape index (κ3) is 1.65. The molecule has 1 aromatic carbocycles. The quantitative estimate of drug-likeness (QED) is 0.825. The summed E-state index contributed by atoms with van der Waals surface area (Å²) in [6.45, 7) is 1.16. The van der Waals surface area contributed by atoms with Gasteiger partial charge in [-0.1, -0.05) is 6.07 Å². The third-order valence-corrected chi connectivity index (χ3v) is 8.73. The second-order valence-electron chi connectivity index (χ2n) is 9.66. The van der Waals surface area contributed by atoms with Gasteiger partial charge < -0.3 is 19.4 Å². The smallest absolute Gasteiger partial charge is 0.166 e. The predicted octanol–water partition coefficient (Wildman–Crippen LogP) is 3.71. The van der Waals surface area contributed by atoms with E-state index in [1.54, 1.807) is 18.2 Å². The number of rotatable bonds is 1. The van der Waals surface area contributed by atoms with Crippen LogP contribution in [0.3, 0.4) is 0 Å². The van der Waals surface area contributed by atoms with Gasteiger partial charge in [0.15, 0.2) is 11.5 Å². The molecule has 4 heteroatoms. The summed E-state index contributed by atoms with van der Waals surface area (Å²) in [5.41, 5.74) is 9.24. The van der Waals surface area contributed by atoms with Crippen molar-refractivity contribution >= 4 is 0 Å². The Kier molecular flexibility index (Phi) is 2.93. The van der Waals surface area contributed by atoms with Crippen LogP contribution in [0.4, 0.5) is 0 Å². The van der Waals surface area contributed by atoms with E-state index in [4.69, 9.17) is 9.47 Å². The molecule has 0 saturated carbocycles. The number of aryl methyl sites for hydroxylation is 1. The molecule has 3 heterocycles. The normalized spacial score (nSPS) is 34.3. The zero-order chi connectivity index (χ0) is 18.6. The zero-order valence-electron chi connectivity index (χ0n) is 16.8. The summed E-state index contributed by atoms with van der Waals surface area (Å²) in [6.07, 6.45) is 8.78. The van der Waals surface area contributed by atoms with Gasteiger partial charge in [-0.25, -0.2) is 0 Å². The van der Waals surface area contributed by atoms with Gasteiger partial charge in [0, 0.05) is 22.7 Å². The van der Waals surface area contributed by atoms with Crippen LogP contribution in [0.25, 0.3) is 0 Å². The van der Waals surface area contributed by atoms with Crippen LogP contribution in [-0.2, 0) is 31.1 Å². The summed E-state index contributed by atoms with van der Waals surface area (Å²) in [4.78, 5) is 6.52. The predicted molar refractivity (Wildman–Crippen MR) is 107 cm³/mol. The van der Waals surface area contributed by atoms with E-state index in [2.05, 4.69) is 29.1 Å². The highest BCUT2D eigenvalue weighted by atomic mass is 16.5. The van der Waals surface area contributed by atoms with Gasteiger partial charge in [-0.3, -0.25) is 0 Å². The van der Waals surface area contributed by atoms with Crippen LogP contribution in [0.15, 0.2) is 12.1 Å². The standard InChI is InChI=1S/C24H28N2O2/c1-26-10-9-24-16-12-15-14-5-3-4-6-17(14)25-21(15)23(24)28-22-19(27-2)8-7-13(20(22)24)11-18(16)26/h7-8,16,18,23,25H,3-6,9-12H2,1-2H3/t16-,18-,23-,24-/m0/s1. The minimum absolute atomic E-state index is 0.120. The molecule has 2 bridgehead atoms. The van der Waals surface area contributed by atoms with E-state index in [9.17, 15) is 0 Å². The summed E-state index contributed by atoms with van der Waals surface area (Å²) < 4.78 is 12.6. The lowest BCUT2D eigenvalue weighted by Crippen LogP contribution is -2.62. The number of nitrogens with zero attached hydrogens (tertiary/aromatic N) is 1. The Labute approximate surface area is 166 Å². The van der Waals surface area contributed by atoms with E-state index in [-0.39, 0.29) is 11.5 Å². The van der Waals surface area contributed by atoms with Crippen molar-refractivity contribution in [1.82, 2.24) is 9.88 Å². The number of hydrogen-bond acceptors (Lipinski definition) is 3. The first-order valence-corrected chi connectivity index (χ1v) is 11.0. The van der Waals surface area contributed by atoms with Crippen LogP contribution in [0.2, 0.25) is 0 Å². The lowest BCUT2D eigenvalue weighted by atomic mass is 9.51. The highest BCUT2D eigenvalue weighted by Gasteiger charge is 2.65. The average Bonchev–Trinajstić information content (AvgIpc) is 3.25. The molecule has 1 spiro atoms. The lowest BCUT2D eigenvalue weighted by molar-refractivity contribution is -0.0256. The van der Waals surface area contributed by atoms with Gasteiger partial charge in [-0.05, 0) is 87.2 Å². The fraction of sp³-hybridized carbons (Fsp3) is 0.583. The number of aromatic amines is 1. The van der Waals surface area contributed by atoms with Crippen molar-refractivity contribution in [3.63, 3.8) is 0 Å². The van der Waals surface area contributed by atoms with E-state index >= 15 is 0 Å². The molecule has 0 unspecified atom stereocenters. The molecule has 4 nitrogen and oxygen atoms in total. The second-order valence-corrected chi connectivity index (χ2v) is 9.66. The Hall–Kier alpha value is -1.94. The van der Waals surface area contributed by atoms with Crippen molar-refractivity contribution in [1.29, 1.82) is 0 Å². The molecule has 1 N–H and O–H groups in total. The molecule has 1 fully saturated rings. The molecule has 0 radical (unpaired) electrons. The monoisotopic (exact) mass is 376 g/mol. The van der Waals surface area contributed by atoms with Crippen molar-refractivity contribution in [2.24, 2.45) is 5.92 Å². The molecule has 28 heavy (non-hydrogen) atoms. The van der Waals surface area contributed by atoms with Crippen molar-refractivity contribution in [2.75, 3.05) is 20.7 Å². The van der Waals surface area contributed by atoms with Crippen molar-refractivity contribution < 1.29 is 9.47 Å². The maximum atomic E-state index is 6.87. The van der Waals surface area contributed by atoms with Gasteiger partial charge in [0.1, 0.15) is 6.10 Å². The van der Waals surface area contributed by atoms with E-state index in [1.165, 1.54) is 61.0 Å². The maximum Gasteiger partial charge on any atom is 0.166 e. The van der Waals surface area contributed by atoms with Crippen molar-refractivity contribution in [2.45, 2.75) is 62.5 Å². The summed E-state index contributed by atoms with van der Waals surface area (Å²) in [5, 5.41) is 0. The number of likely N-dealkylation sites (tertiary alicyclic amines) is 1. The Bertz CT molecular complexity index is 1010. The summed E-state index contributed by atoms with van der Waals surface area (Å²) in [6, 6.07) is 5.05. The highest BCUT2D eigenvalue weighted by molar-refractivity contribution is 5.63. The van der Waals surface area contributed by atoms with Gasteiger partial charge in [0.25, 0.3) is 0 Å². The molecule has 5 aliphatic rings. The number of nitrogens with one attached hydrogen (secondary N) is 1.